The molecular weight excluding hydrogens is 264 g/mol. The van der Waals surface area contributed by atoms with Crippen molar-refractivity contribution in [2.24, 2.45) is 5.92 Å². The molecule has 3 rings (SSSR count). The van der Waals surface area contributed by atoms with Crippen molar-refractivity contribution in [3.63, 3.8) is 0 Å². The fraction of sp³-hybridized carbons (Fsp3) is 0.400. The van der Waals surface area contributed by atoms with Gasteiger partial charge in [0, 0.05) is 28.5 Å². The number of hydrogen-bond acceptors (Lipinski definition) is 3. The molecule has 0 N–H and O–H groups in total. The van der Waals surface area contributed by atoms with Crippen LogP contribution in [0.5, 0.6) is 0 Å². The molecule has 0 aliphatic heterocycles. The molecule has 1 aliphatic rings. The van der Waals surface area contributed by atoms with Crippen LogP contribution in [0.3, 0.4) is 0 Å². The number of ether oxygens (including phenoxy) is 1. The van der Waals surface area contributed by atoms with E-state index in [0.717, 1.165) is 29.6 Å². The standard InChI is InChI=1S/C15H15ClO3/c1-2-18-15(17)9-3-5-11-12-6-4-10(16)8-14(12)19-13(11)7-9/h4,6,8-9H,2-3,5,7H2,1H3. The fourth-order valence-electron chi connectivity index (χ4n) is 2.72. The van der Waals surface area contributed by atoms with E-state index in [1.165, 1.54) is 5.56 Å². The van der Waals surface area contributed by atoms with Gasteiger partial charge >= 0.3 is 5.97 Å². The quantitative estimate of drug-likeness (QED) is 0.785. The van der Waals surface area contributed by atoms with Crippen LogP contribution in [0.4, 0.5) is 0 Å². The lowest BCUT2D eigenvalue weighted by Gasteiger charge is -2.19. The average Bonchev–Trinajstić information content (AvgIpc) is 2.75. The molecule has 0 spiro atoms. The summed E-state index contributed by atoms with van der Waals surface area (Å²) < 4.78 is 10.9. The van der Waals surface area contributed by atoms with Gasteiger partial charge < -0.3 is 9.15 Å². The number of halogens is 1. The summed E-state index contributed by atoms with van der Waals surface area (Å²) in [5.41, 5.74) is 2.02. The smallest absolute Gasteiger partial charge is 0.309 e. The zero-order valence-corrected chi connectivity index (χ0v) is 11.5. The van der Waals surface area contributed by atoms with Crippen LogP contribution in [0, 0.1) is 5.92 Å². The van der Waals surface area contributed by atoms with Gasteiger partial charge in [0.05, 0.1) is 12.5 Å². The van der Waals surface area contributed by atoms with Gasteiger partial charge in [0.2, 0.25) is 0 Å². The summed E-state index contributed by atoms with van der Waals surface area (Å²) in [4.78, 5) is 11.8. The Labute approximate surface area is 116 Å². The Morgan fingerprint density at radius 1 is 1.53 bits per heavy atom. The summed E-state index contributed by atoms with van der Waals surface area (Å²) in [6.07, 6.45) is 2.30. The fourth-order valence-corrected chi connectivity index (χ4v) is 2.88. The first kappa shape index (κ1) is 12.5. The summed E-state index contributed by atoms with van der Waals surface area (Å²) in [6, 6.07) is 5.69. The van der Waals surface area contributed by atoms with Crippen molar-refractivity contribution in [3.8, 4) is 0 Å². The molecule has 0 bridgehead atoms. The maximum absolute atomic E-state index is 11.8. The second-order valence-electron chi connectivity index (χ2n) is 4.84. The van der Waals surface area contributed by atoms with Gasteiger partial charge in [0.25, 0.3) is 0 Å². The lowest BCUT2D eigenvalue weighted by molar-refractivity contribution is -0.148. The monoisotopic (exact) mass is 278 g/mol. The van der Waals surface area contributed by atoms with Gasteiger partial charge in [0.15, 0.2) is 0 Å². The van der Waals surface area contributed by atoms with Crippen molar-refractivity contribution < 1.29 is 13.9 Å². The van der Waals surface area contributed by atoms with Crippen molar-refractivity contribution >= 4 is 28.5 Å². The number of furan rings is 1. The highest BCUT2D eigenvalue weighted by Crippen LogP contribution is 2.35. The maximum atomic E-state index is 11.8. The Hall–Kier alpha value is -1.48. The van der Waals surface area contributed by atoms with Crippen molar-refractivity contribution in [3.05, 3.63) is 34.5 Å². The molecule has 1 heterocycles. The lowest BCUT2D eigenvalue weighted by Crippen LogP contribution is -2.24. The van der Waals surface area contributed by atoms with E-state index in [-0.39, 0.29) is 11.9 Å². The van der Waals surface area contributed by atoms with Gasteiger partial charge in [-0.15, -0.1) is 0 Å². The van der Waals surface area contributed by atoms with E-state index >= 15 is 0 Å². The van der Waals surface area contributed by atoms with Crippen LogP contribution >= 0.6 is 11.6 Å². The number of aryl methyl sites for hydroxylation is 1. The summed E-state index contributed by atoms with van der Waals surface area (Å²) in [7, 11) is 0. The minimum Gasteiger partial charge on any atom is -0.466 e. The van der Waals surface area contributed by atoms with E-state index in [2.05, 4.69) is 0 Å². The van der Waals surface area contributed by atoms with Crippen LogP contribution in [0.1, 0.15) is 24.7 Å². The Bertz CT molecular complexity index is 630. The van der Waals surface area contributed by atoms with Crippen molar-refractivity contribution in [2.75, 3.05) is 6.61 Å². The highest BCUT2D eigenvalue weighted by molar-refractivity contribution is 6.31. The summed E-state index contributed by atoms with van der Waals surface area (Å²) in [5.74, 6) is 0.705. The minimum atomic E-state index is -0.119. The van der Waals surface area contributed by atoms with Gasteiger partial charge in [-0.1, -0.05) is 11.6 Å². The molecule has 0 fully saturated rings. The van der Waals surface area contributed by atoms with Gasteiger partial charge in [-0.05, 0) is 31.9 Å². The molecule has 0 saturated heterocycles. The highest BCUT2D eigenvalue weighted by Gasteiger charge is 2.29. The molecule has 3 nitrogen and oxygen atoms in total. The van der Waals surface area contributed by atoms with E-state index in [1.54, 1.807) is 0 Å². The third-order valence-electron chi connectivity index (χ3n) is 3.63. The normalized spacial score (nSPS) is 18.3. The number of fused-ring (bicyclic) bond motifs is 3. The summed E-state index contributed by atoms with van der Waals surface area (Å²) in [5, 5.41) is 1.78. The summed E-state index contributed by atoms with van der Waals surface area (Å²) >= 11 is 5.97. The second kappa shape index (κ2) is 4.89. The van der Waals surface area contributed by atoms with Gasteiger partial charge in [0.1, 0.15) is 11.3 Å². The van der Waals surface area contributed by atoms with E-state index in [9.17, 15) is 4.79 Å². The molecule has 0 saturated carbocycles. The van der Waals surface area contributed by atoms with Crippen LogP contribution < -0.4 is 0 Å². The lowest BCUT2D eigenvalue weighted by atomic mass is 9.87. The topological polar surface area (TPSA) is 39.4 Å². The van der Waals surface area contributed by atoms with Crippen LogP contribution in [0.25, 0.3) is 11.0 Å². The molecule has 0 amide bonds. The van der Waals surface area contributed by atoms with Crippen LogP contribution in [0.15, 0.2) is 22.6 Å². The Morgan fingerprint density at radius 2 is 2.37 bits per heavy atom. The first-order valence-electron chi connectivity index (χ1n) is 6.55. The van der Waals surface area contributed by atoms with Gasteiger partial charge in [-0.3, -0.25) is 4.79 Å². The molecule has 1 aliphatic carbocycles. The second-order valence-corrected chi connectivity index (χ2v) is 5.27. The van der Waals surface area contributed by atoms with Crippen LogP contribution in [-0.2, 0) is 22.4 Å². The third kappa shape index (κ3) is 2.23. The van der Waals surface area contributed by atoms with Crippen molar-refractivity contribution in [2.45, 2.75) is 26.2 Å². The molecule has 19 heavy (non-hydrogen) atoms. The first-order valence-corrected chi connectivity index (χ1v) is 6.93. The zero-order chi connectivity index (χ0) is 13.4. The Morgan fingerprint density at radius 3 is 3.16 bits per heavy atom. The minimum absolute atomic E-state index is 0.0801. The van der Waals surface area contributed by atoms with E-state index in [0.29, 0.717) is 18.1 Å². The number of carbonyl (C=O) groups is 1. The molecular formula is C15H15ClO3. The van der Waals surface area contributed by atoms with E-state index in [4.69, 9.17) is 20.8 Å². The molecule has 1 aromatic heterocycles. The van der Waals surface area contributed by atoms with Crippen molar-refractivity contribution in [1.29, 1.82) is 0 Å². The predicted molar refractivity (Wildman–Crippen MR) is 73.4 cm³/mol. The number of carbonyl (C=O) groups excluding carboxylic acids is 1. The SMILES string of the molecule is CCOC(=O)C1CCc2c(oc3cc(Cl)ccc23)C1. The molecule has 0 radical (unpaired) electrons. The molecule has 100 valence electrons. The number of rotatable bonds is 2. The molecule has 1 atom stereocenters. The van der Waals surface area contributed by atoms with E-state index < -0.39 is 0 Å². The largest absolute Gasteiger partial charge is 0.466 e. The van der Waals surface area contributed by atoms with Crippen LogP contribution in [0.2, 0.25) is 5.02 Å². The van der Waals surface area contributed by atoms with Gasteiger partial charge in [-0.2, -0.15) is 0 Å². The maximum Gasteiger partial charge on any atom is 0.309 e. The third-order valence-corrected chi connectivity index (χ3v) is 3.87. The number of hydrogen-bond donors (Lipinski definition) is 0. The molecule has 1 unspecified atom stereocenters. The highest BCUT2D eigenvalue weighted by atomic mass is 35.5. The molecule has 2 aromatic rings. The zero-order valence-electron chi connectivity index (χ0n) is 10.7. The number of benzene rings is 1. The Kier molecular flexibility index (Phi) is 3.23. The van der Waals surface area contributed by atoms with Gasteiger partial charge in [-0.25, -0.2) is 0 Å². The Balaban J connectivity index is 1.93. The van der Waals surface area contributed by atoms with Crippen LogP contribution in [-0.4, -0.2) is 12.6 Å². The molecule has 4 heteroatoms. The molecule has 1 aromatic carbocycles. The average molecular weight is 279 g/mol. The number of esters is 1. The predicted octanol–water partition coefficient (Wildman–Crippen LogP) is 3.75. The van der Waals surface area contributed by atoms with E-state index in [1.807, 2.05) is 25.1 Å². The first-order chi connectivity index (χ1) is 9.19. The van der Waals surface area contributed by atoms with Crippen molar-refractivity contribution in [1.82, 2.24) is 0 Å². The summed E-state index contributed by atoms with van der Waals surface area (Å²) in [6.45, 7) is 2.26.